The lowest BCUT2D eigenvalue weighted by Crippen LogP contribution is -2.43. The van der Waals surface area contributed by atoms with E-state index < -0.39 is 0 Å². The molecule has 0 atom stereocenters. The second-order valence-electron chi connectivity index (χ2n) is 7.93. The van der Waals surface area contributed by atoms with Crippen molar-refractivity contribution in [3.63, 3.8) is 0 Å². The van der Waals surface area contributed by atoms with Crippen molar-refractivity contribution < 1.29 is 19.1 Å². The maximum absolute atomic E-state index is 12.2. The number of anilines is 1. The summed E-state index contributed by atoms with van der Waals surface area (Å²) in [6.07, 6.45) is 6.55. The average Bonchev–Trinajstić information content (AvgIpc) is 3.34. The maximum Gasteiger partial charge on any atom is 0.315 e. The Labute approximate surface area is 185 Å². The van der Waals surface area contributed by atoms with Gasteiger partial charge >= 0.3 is 6.03 Å². The van der Waals surface area contributed by atoms with Crippen molar-refractivity contribution in [3.05, 3.63) is 34.3 Å². The molecule has 1 aliphatic heterocycles. The van der Waals surface area contributed by atoms with Crippen LogP contribution in [0.25, 0.3) is 0 Å². The zero-order valence-electron chi connectivity index (χ0n) is 17.7. The molecule has 0 saturated heterocycles. The third kappa shape index (κ3) is 5.88. The number of aromatic nitrogens is 1. The number of nitrogens with zero attached hydrogens (tertiary/aromatic N) is 1. The monoisotopic (exact) mass is 444 g/mol. The molecule has 0 radical (unpaired) electrons. The SMILES string of the molecule is Cc1nc(NC(=O)CCNC(=O)NC2CCCCC2)sc1Cc1ccc2c(c1)OCO2. The molecule has 9 heteroatoms. The zero-order valence-corrected chi connectivity index (χ0v) is 18.5. The van der Waals surface area contributed by atoms with E-state index in [2.05, 4.69) is 20.9 Å². The number of hydrogen-bond acceptors (Lipinski definition) is 6. The van der Waals surface area contributed by atoms with Gasteiger partial charge in [0.1, 0.15) is 0 Å². The van der Waals surface area contributed by atoms with E-state index in [0.29, 0.717) is 18.1 Å². The molecule has 3 amide bonds. The molecule has 31 heavy (non-hydrogen) atoms. The van der Waals surface area contributed by atoms with Crippen LogP contribution < -0.4 is 25.4 Å². The minimum absolute atomic E-state index is 0.165. The van der Waals surface area contributed by atoms with Gasteiger partial charge in [0.15, 0.2) is 16.6 Å². The van der Waals surface area contributed by atoms with Crippen LogP contribution in [0.2, 0.25) is 0 Å². The molecule has 2 aliphatic rings. The Balaban J connectivity index is 1.22. The second-order valence-corrected chi connectivity index (χ2v) is 9.01. The molecule has 2 heterocycles. The van der Waals surface area contributed by atoms with E-state index in [1.807, 2.05) is 25.1 Å². The highest BCUT2D eigenvalue weighted by Gasteiger charge is 2.17. The maximum atomic E-state index is 12.2. The predicted octanol–water partition coefficient (Wildman–Crippen LogP) is 3.73. The Morgan fingerprint density at radius 1 is 1.16 bits per heavy atom. The summed E-state index contributed by atoms with van der Waals surface area (Å²) in [6, 6.07) is 5.95. The van der Waals surface area contributed by atoms with Crippen LogP contribution in [0, 0.1) is 6.92 Å². The quantitative estimate of drug-likeness (QED) is 0.604. The van der Waals surface area contributed by atoms with Gasteiger partial charge in [-0.05, 0) is 37.5 Å². The van der Waals surface area contributed by atoms with Crippen LogP contribution in [0.1, 0.15) is 54.7 Å². The summed E-state index contributed by atoms with van der Waals surface area (Å²) in [5.74, 6) is 1.35. The van der Waals surface area contributed by atoms with E-state index in [-0.39, 0.29) is 31.2 Å². The van der Waals surface area contributed by atoms with E-state index in [1.54, 1.807) is 0 Å². The number of amides is 3. The standard InChI is InChI=1S/C22H28N4O4S/c1-14-19(12-15-7-8-17-18(11-15)30-13-29-17)31-22(24-14)26-20(27)9-10-23-21(28)25-16-5-3-2-4-6-16/h7-8,11,16H,2-6,9-10,12-13H2,1H3,(H2,23,25,28)(H,24,26,27). The topological polar surface area (TPSA) is 102 Å². The fourth-order valence-corrected chi connectivity index (χ4v) is 4.85. The van der Waals surface area contributed by atoms with E-state index in [9.17, 15) is 9.59 Å². The van der Waals surface area contributed by atoms with Crippen molar-refractivity contribution in [1.82, 2.24) is 15.6 Å². The summed E-state index contributed by atoms with van der Waals surface area (Å²) in [6.45, 7) is 2.48. The van der Waals surface area contributed by atoms with Crippen molar-refractivity contribution in [2.24, 2.45) is 0 Å². The molecule has 0 unspecified atom stereocenters. The number of benzene rings is 1. The number of nitrogens with one attached hydrogen (secondary N) is 3. The van der Waals surface area contributed by atoms with Gasteiger partial charge in [-0.1, -0.05) is 25.3 Å². The van der Waals surface area contributed by atoms with E-state index in [1.165, 1.54) is 17.8 Å². The van der Waals surface area contributed by atoms with Gasteiger partial charge < -0.3 is 25.4 Å². The molecular weight excluding hydrogens is 416 g/mol. The normalized spacial score (nSPS) is 15.5. The predicted molar refractivity (Wildman–Crippen MR) is 119 cm³/mol. The fourth-order valence-electron chi connectivity index (χ4n) is 3.84. The smallest absolute Gasteiger partial charge is 0.315 e. The number of thiazole rings is 1. The van der Waals surface area contributed by atoms with Crippen LogP contribution in [0.4, 0.5) is 9.93 Å². The van der Waals surface area contributed by atoms with Crippen molar-refractivity contribution in [1.29, 1.82) is 0 Å². The number of fused-ring (bicyclic) bond motifs is 1. The summed E-state index contributed by atoms with van der Waals surface area (Å²) in [5.41, 5.74) is 1.99. The summed E-state index contributed by atoms with van der Waals surface area (Å²) < 4.78 is 10.8. The lowest BCUT2D eigenvalue weighted by Gasteiger charge is -2.22. The third-order valence-corrected chi connectivity index (χ3v) is 6.59. The van der Waals surface area contributed by atoms with Crippen molar-refractivity contribution in [2.75, 3.05) is 18.7 Å². The van der Waals surface area contributed by atoms with Gasteiger partial charge in [-0.15, -0.1) is 11.3 Å². The van der Waals surface area contributed by atoms with E-state index >= 15 is 0 Å². The lowest BCUT2D eigenvalue weighted by molar-refractivity contribution is -0.116. The highest BCUT2D eigenvalue weighted by Crippen LogP contribution is 2.34. The summed E-state index contributed by atoms with van der Waals surface area (Å²) in [4.78, 5) is 29.8. The summed E-state index contributed by atoms with van der Waals surface area (Å²) in [5, 5.41) is 9.16. The first-order valence-corrected chi connectivity index (χ1v) is 11.6. The molecule has 1 aromatic carbocycles. The summed E-state index contributed by atoms with van der Waals surface area (Å²) in [7, 11) is 0. The molecule has 4 rings (SSSR count). The van der Waals surface area contributed by atoms with Crippen molar-refractivity contribution in [3.8, 4) is 11.5 Å². The van der Waals surface area contributed by atoms with Crippen LogP contribution in [0.5, 0.6) is 11.5 Å². The third-order valence-electron chi connectivity index (χ3n) is 5.52. The Bertz CT molecular complexity index is 940. The van der Waals surface area contributed by atoms with Gasteiger partial charge in [-0.2, -0.15) is 0 Å². The van der Waals surface area contributed by atoms with Gasteiger partial charge in [-0.3, -0.25) is 4.79 Å². The molecule has 1 aliphatic carbocycles. The van der Waals surface area contributed by atoms with E-state index in [4.69, 9.17) is 9.47 Å². The number of ether oxygens (including phenoxy) is 2. The highest BCUT2D eigenvalue weighted by molar-refractivity contribution is 7.15. The number of carbonyl (C=O) groups excluding carboxylic acids is 2. The van der Waals surface area contributed by atoms with Gasteiger partial charge in [0, 0.05) is 30.3 Å². The molecular formula is C22H28N4O4S. The fraction of sp³-hybridized carbons (Fsp3) is 0.500. The molecule has 8 nitrogen and oxygen atoms in total. The molecule has 2 aromatic rings. The number of aryl methyl sites for hydroxylation is 1. The minimum atomic E-state index is -0.198. The first-order valence-electron chi connectivity index (χ1n) is 10.8. The van der Waals surface area contributed by atoms with Gasteiger partial charge in [0.2, 0.25) is 12.7 Å². The first kappa shape index (κ1) is 21.4. The Morgan fingerprint density at radius 2 is 1.97 bits per heavy atom. The molecule has 0 spiro atoms. The molecule has 166 valence electrons. The van der Waals surface area contributed by atoms with Gasteiger partial charge in [-0.25, -0.2) is 9.78 Å². The number of hydrogen-bond donors (Lipinski definition) is 3. The van der Waals surface area contributed by atoms with Crippen LogP contribution in [-0.2, 0) is 11.2 Å². The van der Waals surface area contributed by atoms with Crippen LogP contribution in [0.15, 0.2) is 18.2 Å². The first-order chi connectivity index (χ1) is 15.1. The minimum Gasteiger partial charge on any atom is -0.454 e. The lowest BCUT2D eigenvalue weighted by atomic mass is 9.96. The molecule has 0 bridgehead atoms. The Morgan fingerprint density at radius 3 is 2.81 bits per heavy atom. The van der Waals surface area contributed by atoms with E-state index in [0.717, 1.165) is 53.3 Å². The van der Waals surface area contributed by atoms with Crippen molar-refractivity contribution in [2.45, 2.75) is 57.9 Å². The number of rotatable bonds is 7. The average molecular weight is 445 g/mol. The Kier molecular flexibility index (Phi) is 6.91. The number of urea groups is 1. The molecule has 1 saturated carbocycles. The van der Waals surface area contributed by atoms with Crippen molar-refractivity contribution >= 4 is 28.4 Å². The Hall–Kier alpha value is -2.81. The van der Waals surface area contributed by atoms with Gasteiger partial charge in [0.25, 0.3) is 0 Å². The molecule has 1 fully saturated rings. The summed E-state index contributed by atoms with van der Waals surface area (Å²) >= 11 is 1.46. The van der Waals surface area contributed by atoms with Crippen LogP contribution in [0.3, 0.4) is 0 Å². The second kappa shape index (κ2) is 10.00. The molecule has 1 aromatic heterocycles. The van der Waals surface area contributed by atoms with Crippen LogP contribution >= 0.6 is 11.3 Å². The largest absolute Gasteiger partial charge is 0.454 e. The van der Waals surface area contributed by atoms with Crippen LogP contribution in [-0.4, -0.2) is 36.3 Å². The number of carbonyl (C=O) groups is 2. The molecule has 3 N–H and O–H groups in total. The highest BCUT2D eigenvalue weighted by atomic mass is 32.1. The zero-order chi connectivity index (χ0) is 21.6. The van der Waals surface area contributed by atoms with Gasteiger partial charge in [0.05, 0.1) is 5.69 Å².